The van der Waals surface area contributed by atoms with Crippen LogP contribution >= 0.6 is 0 Å². The fraction of sp³-hybridized carbons (Fsp3) is 0.769. The van der Waals surface area contributed by atoms with Crippen LogP contribution in [0.2, 0.25) is 0 Å². The van der Waals surface area contributed by atoms with Crippen LogP contribution in [0.25, 0.3) is 0 Å². The molecule has 0 aromatic heterocycles. The molecule has 0 saturated carbocycles. The van der Waals surface area contributed by atoms with Crippen LogP contribution < -0.4 is 0 Å². The van der Waals surface area contributed by atoms with Gasteiger partial charge >= 0.3 is 5.97 Å². The van der Waals surface area contributed by atoms with Gasteiger partial charge in [-0.1, -0.05) is 247 Å². The summed E-state index contributed by atoms with van der Waals surface area (Å²) in [6.07, 6.45) is 69.2. The number of allylic oxidation sites excluding steroid dienone is 14. The molecule has 1 saturated heterocycles. The van der Waals surface area contributed by atoms with Crippen molar-refractivity contribution in [2.75, 3.05) is 26.4 Å². The van der Waals surface area contributed by atoms with Gasteiger partial charge in [0.25, 0.3) is 0 Å². The molecule has 1 heterocycles. The lowest BCUT2D eigenvalue weighted by Crippen LogP contribution is -2.59. The maximum absolute atomic E-state index is 12.9. The van der Waals surface area contributed by atoms with Gasteiger partial charge in [-0.05, 0) is 89.9 Å². The molecule has 9 heteroatoms. The zero-order valence-electron chi connectivity index (χ0n) is 47.6. The van der Waals surface area contributed by atoms with Gasteiger partial charge in [0.15, 0.2) is 6.29 Å². The lowest BCUT2D eigenvalue weighted by molar-refractivity contribution is -0.305. The summed E-state index contributed by atoms with van der Waals surface area (Å²) in [6.45, 7) is 4.45. The minimum Gasteiger partial charge on any atom is -0.457 e. The van der Waals surface area contributed by atoms with Crippen LogP contribution in [-0.2, 0) is 23.7 Å². The molecule has 0 radical (unpaired) electrons. The molecule has 1 fully saturated rings. The van der Waals surface area contributed by atoms with Crippen molar-refractivity contribution in [3.8, 4) is 0 Å². The number of esters is 1. The van der Waals surface area contributed by atoms with Gasteiger partial charge in [-0.25, -0.2) is 0 Å². The van der Waals surface area contributed by atoms with Crippen molar-refractivity contribution in [1.29, 1.82) is 0 Å². The molecular weight excluding hydrogens is 925 g/mol. The van der Waals surface area contributed by atoms with Crippen LogP contribution in [0.15, 0.2) is 85.1 Å². The van der Waals surface area contributed by atoms with Crippen LogP contribution in [0.1, 0.15) is 258 Å². The van der Waals surface area contributed by atoms with Crippen molar-refractivity contribution in [3.05, 3.63) is 85.1 Å². The zero-order valence-corrected chi connectivity index (χ0v) is 47.6. The standard InChI is InChI=1S/C65H114O9/c1-3-5-7-9-11-13-15-17-19-21-23-25-27-29-31-33-35-37-39-41-43-45-47-49-51-53-55-71-57-59(58-72-65-64(70)63(69)62(68)60(56-66)74-65)73-61(67)54-52-50-48-46-44-42-40-38-36-34-32-30-28-26-24-22-20-18-16-14-12-10-8-6-4-2/h5,7,11,13,16-19,22-25,29,31,59-60,62-66,68-70H,3-4,6,8-10,12,14-15,20-21,26-28,30,32-58H2,1-2H3/b7-5-,13-11-,18-16-,19-17-,24-22-,25-23-,31-29-. The number of aliphatic hydroxyl groups excluding tert-OH is 4. The first-order valence-corrected chi connectivity index (χ1v) is 30.7. The van der Waals surface area contributed by atoms with Crippen molar-refractivity contribution < 1.29 is 44.2 Å². The summed E-state index contributed by atoms with van der Waals surface area (Å²) in [7, 11) is 0. The zero-order chi connectivity index (χ0) is 53.5. The van der Waals surface area contributed by atoms with E-state index < -0.39 is 43.4 Å². The molecule has 0 aromatic carbocycles. The first-order valence-electron chi connectivity index (χ1n) is 30.7. The molecule has 1 aliphatic heterocycles. The van der Waals surface area contributed by atoms with Crippen LogP contribution in [-0.4, -0.2) is 89.6 Å². The van der Waals surface area contributed by atoms with E-state index in [2.05, 4.69) is 98.9 Å². The number of hydrogen-bond donors (Lipinski definition) is 4. The van der Waals surface area contributed by atoms with Crippen molar-refractivity contribution in [2.24, 2.45) is 0 Å². The summed E-state index contributed by atoms with van der Waals surface area (Å²) in [4.78, 5) is 12.9. The van der Waals surface area contributed by atoms with E-state index in [1.54, 1.807) is 0 Å². The highest BCUT2D eigenvalue weighted by Crippen LogP contribution is 2.23. The maximum atomic E-state index is 12.9. The molecule has 9 nitrogen and oxygen atoms in total. The molecule has 0 aliphatic carbocycles. The SMILES string of the molecule is CC/C=C\C/C=C\C/C=C\C/C=C\C/C=C\CCCCCCCCCCCCOCC(COC1OC(CO)C(O)C(O)C1O)OC(=O)CCCCCCCCCCCCCCC/C=C\C/C=C\CCCCCCC. The van der Waals surface area contributed by atoms with Gasteiger partial charge < -0.3 is 39.4 Å². The number of ether oxygens (including phenoxy) is 4. The predicted molar refractivity (Wildman–Crippen MR) is 311 cm³/mol. The number of unbranched alkanes of at least 4 members (excludes halogenated alkanes) is 28. The second-order valence-corrected chi connectivity index (χ2v) is 20.8. The first kappa shape index (κ1) is 69.4. The minimum atomic E-state index is -1.54. The summed E-state index contributed by atoms with van der Waals surface area (Å²) < 4.78 is 23.0. The highest BCUT2D eigenvalue weighted by Gasteiger charge is 2.44. The minimum absolute atomic E-state index is 0.118. The Balaban J connectivity index is 2.14. The lowest BCUT2D eigenvalue weighted by atomic mass is 9.99. The van der Waals surface area contributed by atoms with E-state index in [-0.39, 0.29) is 19.2 Å². The fourth-order valence-electron chi connectivity index (χ4n) is 9.08. The Hall–Kier alpha value is -2.63. The van der Waals surface area contributed by atoms with Gasteiger partial charge in [-0.3, -0.25) is 4.79 Å². The Morgan fingerprint density at radius 2 is 0.824 bits per heavy atom. The monoisotopic (exact) mass is 1040 g/mol. The summed E-state index contributed by atoms with van der Waals surface area (Å²) >= 11 is 0. The van der Waals surface area contributed by atoms with Gasteiger partial charge in [-0.15, -0.1) is 0 Å². The number of hydrogen-bond acceptors (Lipinski definition) is 9. The van der Waals surface area contributed by atoms with Gasteiger partial charge in [-0.2, -0.15) is 0 Å². The summed E-state index contributed by atoms with van der Waals surface area (Å²) in [5.41, 5.74) is 0. The average molecular weight is 1040 g/mol. The third kappa shape index (κ3) is 44.5. The highest BCUT2D eigenvalue weighted by atomic mass is 16.7. The maximum Gasteiger partial charge on any atom is 0.306 e. The van der Waals surface area contributed by atoms with Crippen LogP contribution in [0.3, 0.4) is 0 Å². The first-order chi connectivity index (χ1) is 36.4. The molecular formula is C65H114O9. The van der Waals surface area contributed by atoms with Crippen molar-refractivity contribution >= 4 is 5.97 Å². The largest absolute Gasteiger partial charge is 0.457 e. The topological polar surface area (TPSA) is 135 Å². The van der Waals surface area contributed by atoms with E-state index in [4.69, 9.17) is 18.9 Å². The molecule has 6 unspecified atom stereocenters. The third-order valence-electron chi connectivity index (χ3n) is 13.8. The van der Waals surface area contributed by atoms with E-state index in [1.165, 1.54) is 167 Å². The lowest BCUT2D eigenvalue weighted by Gasteiger charge is -2.39. The second-order valence-electron chi connectivity index (χ2n) is 20.8. The molecule has 428 valence electrons. The van der Waals surface area contributed by atoms with Crippen LogP contribution in [0, 0.1) is 0 Å². The Morgan fingerprint density at radius 1 is 0.446 bits per heavy atom. The van der Waals surface area contributed by atoms with E-state index in [0.29, 0.717) is 13.0 Å². The predicted octanol–water partition coefficient (Wildman–Crippen LogP) is 16.5. The van der Waals surface area contributed by atoms with Crippen molar-refractivity contribution in [2.45, 2.75) is 295 Å². The third-order valence-corrected chi connectivity index (χ3v) is 13.8. The van der Waals surface area contributed by atoms with Crippen LogP contribution in [0.4, 0.5) is 0 Å². The average Bonchev–Trinajstić information content (AvgIpc) is 3.40. The molecule has 4 N–H and O–H groups in total. The highest BCUT2D eigenvalue weighted by molar-refractivity contribution is 5.69. The molecule has 0 spiro atoms. The van der Waals surface area contributed by atoms with Crippen molar-refractivity contribution in [1.82, 2.24) is 0 Å². The molecule has 0 bridgehead atoms. The Morgan fingerprint density at radius 3 is 1.24 bits per heavy atom. The number of aliphatic hydroxyl groups is 4. The molecule has 6 atom stereocenters. The molecule has 0 amide bonds. The Kier molecular flexibility index (Phi) is 51.7. The number of carbonyl (C=O) groups excluding carboxylic acids is 1. The molecule has 1 aliphatic rings. The summed E-state index contributed by atoms with van der Waals surface area (Å²) in [5.74, 6) is -0.315. The van der Waals surface area contributed by atoms with Gasteiger partial charge in [0, 0.05) is 13.0 Å². The smallest absolute Gasteiger partial charge is 0.306 e. The molecule has 74 heavy (non-hydrogen) atoms. The van der Waals surface area contributed by atoms with Crippen LogP contribution in [0.5, 0.6) is 0 Å². The van der Waals surface area contributed by atoms with Crippen molar-refractivity contribution in [3.63, 3.8) is 0 Å². The fourth-order valence-corrected chi connectivity index (χ4v) is 9.08. The summed E-state index contributed by atoms with van der Waals surface area (Å²) in [6, 6.07) is 0. The molecule has 1 rings (SSSR count). The van der Waals surface area contributed by atoms with E-state index >= 15 is 0 Å². The Labute approximate surface area is 454 Å². The summed E-state index contributed by atoms with van der Waals surface area (Å²) in [5, 5.41) is 40.4. The number of rotatable bonds is 53. The van der Waals surface area contributed by atoms with Gasteiger partial charge in [0.1, 0.15) is 30.5 Å². The van der Waals surface area contributed by atoms with Gasteiger partial charge in [0.2, 0.25) is 0 Å². The number of carbonyl (C=O) groups is 1. The quantitative estimate of drug-likeness (QED) is 0.0267. The van der Waals surface area contributed by atoms with E-state index in [0.717, 1.165) is 70.6 Å². The molecule has 0 aromatic rings. The van der Waals surface area contributed by atoms with E-state index in [9.17, 15) is 25.2 Å². The van der Waals surface area contributed by atoms with Gasteiger partial charge in [0.05, 0.1) is 19.8 Å². The second kappa shape index (κ2) is 55.1. The van der Waals surface area contributed by atoms with E-state index in [1.807, 2.05) is 0 Å². The normalized spacial score (nSPS) is 19.1. The Bertz CT molecular complexity index is 1420.